The topological polar surface area (TPSA) is 46.5 Å². The van der Waals surface area contributed by atoms with Crippen LogP contribution in [0.2, 0.25) is 0 Å². The molecule has 0 heterocycles. The zero-order valence-corrected chi connectivity index (χ0v) is 13.9. The van der Waals surface area contributed by atoms with Gasteiger partial charge in [0.25, 0.3) is 9.76 Å². The second-order valence-corrected chi connectivity index (χ2v) is 6.24. The third kappa shape index (κ3) is 3.35. The lowest BCUT2D eigenvalue weighted by atomic mass is 9.90. The van der Waals surface area contributed by atoms with Gasteiger partial charge in [-0.2, -0.15) is 0 Å². The number of carboxylic acids is 1. The number of hydrogen-bond donors (Lipinski definition) is 1. The summed E-state index contributed by atoms with van der Waals surface area (Å²) in [7, 11) is 3.00. The van der Waals surface area contributed by atoms with Gasteiger partial charge in [-0.05, 0) is 61.1 Å². The average Bonchev–Trinajstić information content (AvgIpc) is 2.37. The van der Waals surface area contributed by atoms with E-state index in [4.69, 9.17) is 4.12 Å². The molecule has 1 aromatic rings. The Balaban J connectivity index is 3.53. The minimum atomic E-state index is -0.858. The zero-order chi connectivity index (χ0) is 14.6. The highest BCUT2D eigenvalue weighted by molar-refractivity contribution is 6.53. The van der Waals surface area contributed by atoms with Crippen molar-refractivity contribution < 1.29 is 14.0 Å². The summed E-state index contributed by atoms with van der Waals surface area (Å²) in [6.07, 6.45) is 2.86. The largest absolute Gasteiger partial charge is 0.478 e. The average molecular weight is 291 g/mol. The molecule has 0 aromatic heterocycles. The standard InChI is InChI=1S/C14H19O3Si2/c1-5-6-7-11-9(3)8(2)10(4)13(19-17-18)12(11)14(15)16/h5-7H2,1-4H3,(H,15,16). The van der Waals surface area contributed by atoms with Gasteiger partial charge >= 0.3 is 5.97 Å². The van der Waals surface area contributed by atoms with Crippen LogP contribution >= 0.6 is 0 Å². The summed E-state index contributed by atoms with van der Waals surface area (Å²) in [5.41, 5.74) is 4.69. The second kappa shape index (κ2) is 7.02. The highest BCUT2D eigenvalue weighted by Crippen LogP contribution is 2.22. The molecule has 1 N–H and O–H groups in total. The van der Waals surface area contributed by atoms with E-state index in [1.54, 1.807) is 0 Å². The summed E-state index contributed by atoms with van der Waals surface area (Å²) in [5, 5.41) is 10.3. The molecule has 19 heavy (non-hydrogen) atoms. The molecule has 0 bridgehead atoms. The van der Waals surface area contributed by atoms with E-state index >= 15 is 0 Å². The number of unbranched alkanes of at least 4 members (excludes halogenated alkanes) is 1. The minimum Gasteiger partial charge on any atom is -0.478 e. The van der Waals surface area contributed by atoms with Crippen molar-refractivity contribution in [2.45, 2.75) is 47.0 Å². The predicted octanol–water partition coefficient (Wildman–Crippen LogP) is 2.00. The van der Waals surface area contributed by atoms with Gasteiger partial charge in [0.2, 0.25) is 10.5 Å². The summed E-state index contributed by atoms with van der Waals surface area (Å²) in [4.78, 5) is 11.6. The number of rotatable bonds is 6. The van der Waals surface area contributed by atoms with Crippen molar-refractivity contribution in [1.82, 2.24) is 0 Å². The van der Waals surface area contributed by atoms with E-state index in [2.05, 4.69) is 17.4 Å². The first-order chi connectivity index (χ1) is 8.95. The van der Waals surface area contributed by atoms with Crippen LogP contribution in [0.4, 0.5) is 0 Å². The van der Waals surface area contributed by atoms with Gasteiger partial charge in [0.05, 0.1) is 5.56 Å². The van der Waals surface area contributed by atoms with Crippen molar-refractivity contribution in [3.8, 4) is 0 Å². The van der Waals surface area contributed by atoms with Crippen LogP contribution < -0.4 is 5.19 Å². The van der Waals surface area contributed by atoms with Crippen LogP contribution in [0.1, 0.15) is 52.4 Å². The van der Waals surface area contributed by atoms with Crippen molar-refractivity contribution in [2.24, 2.45) is 0 Å². The number of benzene rings is 1. The van der Waals surface area contributed by atoms with Crippen LogP contribution in [0, 0.1) is 20.8 Å². The Hall–Kier alpha value is -0.916. The van der Waals surface area contributed by atoms with Crippen LogP contribution in [-0.4, -0.2) is 31.3 Å². The number of carbonyl (C=O) groups is 1. The summed E-state index contributed by atoms with van der Waals surface area (Å²) in [6.45, 7) is 8.14. The van der Waals surface area contributed by atoms with Crippen molar-refractivity contribution in [1.29, 1.82) is 0 Å². The highest BCUT2D eigenvalue weighted by Gasteiger charge is 2.22. The van der Waals surface area contributed by atoms with E-state index in [1.165, 1.54) is 5.56 Å². The molecule has 0 saturated heterocycles. The van der Waals surface area contributed by atoms with Crippen molar-refractivity contribution in [3.05, 3.63) is 27.8 Å². The lowest BCUT2D eigenvalue weighted by Crippen LogP contribution is -2.30. The molecule has 0 saturated carbocycles. The normalized spacial score (nSPS) is 10.8. The molecule has 0 atom stereocenters. The zero-order valence-electron chi connectivity index (χ0n) is 11.9. The maximum Gasteiger partial charge on any atom is 0.335 e. The Morgan fingerprint density at radius 3 is 2.37 bits per heavy atom. The summed E-state index contributed by atoms with van der Waals surface area (Å²) in [5.74, 6) is -0.858. The monoisotopic (exact) mass is 291 g/mol. The molecular weight excluding hydrogens is 272 g/mol. The first-order valence-corrected chi connectivity index (χ1v) is 7.71. The van der Waals surface area contributed by atoms with E-state index in [-0.39, 0.29) is 9.76 Å². The quantitative estimate of drug-likeness (QED) is 0.816. The van der Waals surface area contributed by atoms with Crippen LogP contribution in [0.15, 0.2) is 0 Å². The summed E-state index contributed by atoms with van der Waals surface area (Å²) in [6, 6.07) is 0. The van der Waals surface area contributed by atoms with Crippen molar-refractivity contribution in [2.75, 3.05) is 0 Å². The van der Waals surface area contributed by atoms with Gasteiger partial charge in [-0.3, -0.25) is 0 Å². The Labute approximate surface area is 120 Å². The second-order valence-electron chi connectivity index (χ2n) is 4.72. The Kier molecular flexibility index (Phi) is 5.97. The smallest absolute Gasteiger partial charge is 0.335 e. The lowest BCUT2D eigenvalue weighted by molar-refractivity contribution is 0.0697. The van der Waals surface area contributed by atoms with E-state index in [9.17, 15) is 9.90 Å². The molecule has 5 heteroatoms. The van der Waals surface area contributed by atoms with Crippen LogP contribution in [-0.2, 0) is 10.5 Å². The molecule has 0 aliphatic heterocycles. The Morgan fingerprint density at radius 1 is 1.26 bits per heavy atom. The lowest BCUT2D eigenvalue weighted by Gasteiger charge is -2.19. The van der Waals surface area contributed by atoms with Crippen molar-refractivity contribution in [3.63, 3.8) is 0 Å². The third-order valence-electron chi connectivity index (χ3n) is 3.65. The van der Waals surface area contributed by atoms with Crippen LogP contribution in [0.5, 0.6) is 0 Å². The van der Waals surface area contributed by atoms with Gasteiger partial charge in [-0.1, -0.05) is 13.3 Å². The Morgan fingerprint density at radius 2 is 1.89 bits per heavy atom. The molecule has 0 aliphatic rings. The molecule has 1 rings (SSSR count). The van der Waals surface area contributed by atoms with Crippen molar-refractivity contribution >= 4 is 31.4 Å². The first-order valence-electron chi connectivity index (χ1n) is 6.40. The molecule has 101 valence electrons. The van der Waals surface area contributed by atoms with Gasteiger partial charge in [0.15, 0.2) is 0 Å². The first kappa shape index (κ1) is 16.1. The maximum atomic E-state index is 11.6. The van der Waals surface area contributed by atoms with E-state index < -0.39 is 5.97 Å². The summed E-state index contributed by atoms with van der Waals surface area (Å²) >= 11 is 0. The highest BCUT2D eigenvalue weighted by atomic mass is 28.3. The van der Waals surface area contributed by atoms with Crippen LogP contribution in [0.25, 0.3) is 0 Å². The van der Waals surface area contributed by atoms with E-state index in [0.717, 1.165) is 41.1 Å². The molecule has 0 aliphatic carbocycles. The van der Waals surface area contributed by atoms with Crippen LogP contribution in [0.3, 0.4) is 0 Å². The predicted molar refractivity (Wildman–Crippen MR) is 78.5 cm³/mol. The molecule has 1 aromatic carbocycles. The summed E-state index contributed by atoms with van der Waals surface area (Å²) < 4.78 is 5.02. The fraction of sp³-hybridized carbons (Fsp3) is 0.500. The number of aromatic carboxylic acids is 1. The molecule has 0 unspecified atom stereocenters. The molecule has 3 nitrogen and oxygen atoms in total. The van der Waals surface area contributed by atoms with Gasteiger partial charge in [-0.25, -0.2) is 4.79 Å². The molecule has 0 amide bonds. The molecule has 5 radical (unpaired) electrons. The fourth-order valence-electron chi connectivity index (χ4n) is 2.30. The molecule has 0 spiro atoms. The van der Waals surface area contributed by atoms with E-state index in [0.29, 0.717) is 5.56 Å². The maximum absolute atomic E-state index is 11.6. The van der Waals surface area contributed by atoms with E-state index in [1.807, 2.05) is 20.8 Å². The number of hydrogen-bond acceptors (Lipinski definition) is 2. The van der Waals surface area contributed by atoms with Gasteiger partial charge in [0.1, 0.15) is 0 Å². The Bertz CT molecular complexity index is 484. The van der Waals surface area contributed by atoms with Gasteiger partial charge in [0, 0.05) is 0 Å². The number of carboxylic acid groups (broad SMARTS) is 1. The van der Waals surface area contributed by atoms with Gasteiger partial charge < -0.3 is 9.22 Å². The molecule has 0 fully saturated rings. The van der Waals surface area contributed by atoms with Gasteiger partial charge in [-0.15, -0.1) is 0 Å². The minimum absolute atomic E-state index is 0.00457. The third-order valence-corrected chi connectivity index (χ3v) is 4.89. The fourth-order valence-corrected chi connectivity index (χ4v) is 3.41. The SMILES string of the molecule is CCCCc1c(C)c(C)c(C)c([Si]O[Si])c1C(=O)O. The molecular formula is C14H19O3Si2.